The second kappa shape index (κ2) is 3.42. The zero-order valence-corrected chi connectivity index (χ0v) is 8.48. The van der Waals surface area contributed by atoms with E-state index in [-0.39, 0.29) is 5.92 Å². The molecule has 1 rings (SSSR count). The molecular weight excluding hydrogens is 148 g/mol. The third-order valence-electron chi connectivity index (χ3n) is 3.02. The molecule has 1 saturated carbocycles. The van der Waals surface area contributed by atoms with Crippen LogP contribution in [-0.2, 0) is 4.79 Å². The van der Waals surface area contributed by atoms with Gasteiger partial charge >= 0.3 is 0 Å². The highest BCUT2D eigenvalue weighted by Crippen LogP contribution is 2.31. The van der Waals surface area contributed by atoms with Gasteiger partial charge in [0.25, 0.3) is 0 Å². The Morgan fingerprint density at radius 3 is 2.42 bits per heavy atom. The maximum absolute atomic E-state index is 11.7. The van der Waals surface area contributed by atoms with Crippen LogP contribution in [0.5, 0.6) is 0 Å². The first kappa shape index (κ1) is 9.50. The molecule has 0 spiro atoms. The summed E-state index contributed by atoms with van der Waals surface area (Å²) in [6.07, 6.45) is 2.17. The molecule has 0 saturated heterocycles. The van der Waals surface area contributed by atoms with Gasteiger partial charge in [0.05, 0.1) is 0 Å². The molecule has 12 heavy (non-hydrogen) atoms. The monoisotopic (exact) mass is 166 g/mol. The molecule has 0 heterocycles. The zero-order valence-electron chi connectivity index (χ0n) is 8.48. The fraction of sp³-hybridized carbons (Fsp3) is 0.727. The molecule has 1 unspecified atom stereocenters. The van der Waals surface area contributed by atoms with Gasteiger partial charge in [-0.05, 0) is 38.2 Å². The van der Waals surface area contributed by atoms with Crippen LogP contribution >= 0.6 is 0 Å². The topological polar surface area (TPSA) is 17.1 Å². The van der Waals surface area contributed by atoms with Crippen LogP contribution in [0.15, 0.2) is 11.1 Å². The van der Waals surface area contributed by atoms with Crippen LogP contribution in [0.25, 0.3) is 0 Å². The average Bonchev–Trinajstić information content (AvgIpc) is 2.00. The number of allylic oxidation sites excluding steroid dienone is 2. The van der Waals surface area contributed by atoms with E-state index in [1.54, 1.807) is 0 Å². The number of hydrogen-bond donors (Lipinski definition) is 0. The Labute approximate surface area is 74.9 Å². The number of ketones is 1. The number of hydrogen-bond acceptors (Lipinski definition) is 1. The van der Waals surface area contributed by atoms with Crippen LogP contribution in [0.1, 0.15) is 40.5 Å². The summed E-state index contributed by atoms with van der Waals surface area (Å²) in [5.74, 6) is 1.19. The minimum Gasteiger partial charge on any atom is -0.294 e. The third-order valence-corrected chi connectivity index (χ3v) is 3.02. The minimum atomic E-state index is 0.239. The molecule has 68 valence electrons. The predicted molar refractivity (Wildman–Crippen MR) is 50.9 cm³/mol. The Morgan fingerprint density at radius 2 is 1.92 bits per heavy atom. The quantitative estimate of drug-likeness (QED) is 0.506. The predicted octanol–water partition coefficient (Wildman–Crippen LogP) is 2.96. The molecule has 0 aliphatic heterocycles. The second-order valence-electron chi connectivity index (χ2n) is 4.15. The van der Waals surface area contributed by atoms with Crippen molar-refractivity contribution in [2.45, 2.75) is 40.5 Å². The summed E-state index contributed by atoms with van der Waals surface area (Å²) in [5.41, 5.74) is 2.29. The molecule has 1 nitrogen and oxygen atoms in total. The first-order valence-corrected chi connectivity index (χ1v) is 4.74. The van der Waals surface area contributed by atoms with Crippen LogP contribution in [0, 0.1) is 11.8 Å². The van der Waals surface area contributed by atoms with E-state index >= 15 is 0 Å². The maximum Gasteiger partial charge on any atom is 0.161 e. The summed E-state index contributed by atoms with van der Waals surface area (Å²) in [4.78, 5) is 11.7. The average molecular weight is 166 g/mol. The lowest BCUT2D eigenvalue weighted by Crippen LogP contribution is -2.26. The summed E-state index contributed by atoms with van der Waals surface area (Å²) in [6.45, 7) is 8.30. The first-order chi connectivity index (χ1) is 5.54. The van der Waals surface area contributed by atoms with Crippen molar-refractivity contribution in [2.75, 3.05) is 0 Å². The van der Waals surface area contributed by atoms with Gasteiger partial charge in [0.15, 0.2) is 5.78 Å². The van der Waals surface area contributed by atoms with Crippen LogP contribution in [0.2, 0.25) is 0 Å². The SMILES string of the molecule is CC(C)=C1CC[C@@H](C)C(C)C1=O. The number of carbonyl (C=O) groups is 1. The lowest BCUT2D eigenvalue weighted by molar-refractivity contribution is -0.121. The van der Waals surface area contributed by atoms with E-state index in [4.69, 9.17) is 0 Å². The van der Waals surface area contributed by atoms with E-state index in [9.17, 15) is 4.79 Å². The largest absolute Gasteiger partial charge is 0.294 e. The second-order valence-corrected chi connectivity index (χ2v) is 4.15. The van der Waals surface area contributed by atoms with Gasteiger partial charge in [0.2, 0.25) is 0 Å². The van der Waals surface area contributed by atoms with E-state index in [1.807, 2.05) is 13.8 Å². The zero-order chi connectivity index (χ0) is 9.30. The lowest BCUT2D eigenvalue weighted by atomic mass is 9.77. The number of carbonyl (C=O) groups excluding carboxylic acids is 1. The van der Waals surface area contributed by atoms with Crippen molar-refractivity contribution < 1.29 is 4.79 Å². The van der Waals surface area contributed by atoms with Crippen molar-refractivity contribution in [3.05, 3.63) is 11.1 Å². The Bertz CT molecular complexity index is 221. The van der Waals surface area contributed by atoms with Gasteiger partial charge in [-0.15, -0.1) is 0 Å². The molecule has 0 aromatic carbocycles. The summed E-state index contributed by atoms with van der Waals surface area (Å²) in [7, 11) is 0. The number of rotatable bonds is 0. The highest BCUT2D eigenvalue weighted by Gasteiger charge is 2.28. The van der Waals surface area contributed by atoms with E-state index < -0.39 is 0 Å². The van der Waals surface area contributed by atoms with Gasteiger partial charge in [-0.2, -0.15) is 0 Å². The van der Waals surface area contributed by atoms with E-state index in [2.05, 4.69) is 13.8 Å². The summed E-state index contributed by atoms with van der Waals surface area (Å²) in [5, 5.41) is 0. The Balaban J connectivity index is 2.87. The van der Waals surface area contributed by atoms with Crippen LogP contribution in [0.4, 0.5) is 0 Å². The molecule has 2 atom stereocenters. The van der Waals surface area contributed by atoms with Crippen molar-refractivity contribution >= 4 is 5.78 Å². The molecule has 1 fully saturated rings. The number of Topliss-reactive ketones (excluding diaryl/α,β-unsaturated/α-hetero) is 1. The fourth-order valence-corrected chi connectivity index (χ4v) is 1.77. The molecule has 0 aromatic rings. The smallest absolute Gasteiger partial charge is 0.161 e. The lowest BCUT2D eigenvalue weighted by Gasteiger charge is -2.26. The highest BCUT2D eigenvalue weighted by atomic mass is 16.1. The van der Waals surface area contributed by atoms with E-state index in [1.165, 1.54) is 12.0 Å². The van der Waals surface area contributed by atoms with Gasteiger partial charge in [0, 0.05) is 5.92 Å². The molecular formula is C11H18O. The highest BCUT2D eigenvalue weighted by molar-refractivity contribution is 5.98. The third kappa shape index (κ3) is 1.60. The Hall–Kier alpha value is -0.590. The van der Waals surface area contributed by atoms with Gasteiger partial charge in [-0.1, -0.05) is 19.4 Å². The van der Waals surface area contributed by atoms with Crippen LogP contribution in [-0.4, -0.2) is 5.78 Å². The van der Waals surface area contributed by atoms with Crippen LogP contribution < -0.4 is 0 Å². The molecule has 0 amide bonds. The van der Waals surface area contributed by atoms with Gasteiger partial charge in [0.1, 0.15) is 0 Å². The molecule has 0 N–H and O–H groups in total. The summed E-state index contributed by atoms with van der Waals surface area (Å²) in [6, 6.07) is 0. The summed E-state index contributed by atoms with van der Waals surface area (Å²) >= 11 is 0. The molecule has 0 radical (unpaired) electrons. The first-order valence-electron chi connectivity index (χ1n) is 4.74. The van der Waals surface area contributed by atoms with E-state index in [0.29, 0.717) is 11.7 Å². The van der Waals surface area contributed by atoms with Gasteiger partial charge < -0.3 is 0 Å². The molecule has 0 aromatic heterocycles. The standard InChI is InChI=1S/C11H18O/c1-7(2)10-6-5-8(3)9(4)11(10)12/h8-9H,5-6H2,1-4H3/t8-,9?/m1/s1. The molecule has 0 bridgehead atoms. The fourth-order valence-electron chi connectivity index (χ4n) is 1.77. The molecule has 1 aliphatic rings. The van der Waals surface area contributed by atoms with Crippen molar-refractivity contribution in [1.82, 2.24) is 0 Å². The summed E-state index contributed by atoms with van der Waals surface area (Å²) < 4.78 is 0. The van der Waals surface area contributed by atoms with Crippen molar-refractivity contribution in [3.8, 4) is 0 Å². The van der Waals surface area contributed by atoms with E-state index in [0.717, 1.165) is 12.0 Å². The van der Waals surface area contributed by atoms with Gasteiger partial charge in [-0.3, -0.25) is 4.79 Å². The van der Waals surface area contributed by atoms with Crippen LogP contribution in [0.3, 0.4) is 0 Å². The maximum atomic E-state index is 11.7. The van der Waals surface area contributed by atoms with Gasteiger partial charge in [-0.25, -0.2) is 0 Å². The Morgan fingerprint density at radius 1 is 1.33 bits per heavy atom. The van der Waals surface area contributed by atoms with Crippen molar-refractivity contribution in [1.29, 1.82) is 0 Å². The van der Waals surface area contributed by atoms with Crippen molar-refractivity contribution in [2.24, 2.45) is 11.8 Å². The van der Waals surface area contributed by atoms with Crippen molar-refractivity contribution in [3.63, 3.8) is 0 Å². The Kier molecular flexibility index (Phi) is 2.71. The molecule has 1 aliphatic carbocycles. The molecule has 1 heteroatoms. The normalized spacial score (nSPS) is 30.7. The minimum absolute atomic E-state index is 0.239.